The molecule has 0 aromatic heterocycles. The first kappa shape index (κ1) is 6.81. The van der Waals surface area contributed by atoms with Crippen molar-refractivity contribution < 1.29 is 0 Å². The second-order valence-corrected chi connectivity index (χ2v) is 2.18. The van der Waals surface area contributed by atoms with Gasteiger partial charge in [-0.25, -0.2) is 0 Å². The Morgan fingerprint density at radius 3 is 2.29 bits per heavy atom. The number of nitrogens with two attached hydrogens (primary N) is 2. The van der Waals surface area contributed by atoms with Crippen LogP contribution >= 0.6 is 22.6 Å². The molecule has 0 saturated heterocycles. The van der Waals surface area contributed by atoms with E-state index in [0.717, 1.165) is 3.70 Å². The van der Waals surface area contributed by atoms with Crippen LogP contribution in [0.3, 0.4) is 0 Å². The average Bonchev–Trinajstić information content (AvgIpc) is 1.61. The summed E-state index contributed by atoms with van der Waals surface area (Å²) in [5.41, 5.74) is 10.2. The van der Waals surface area contributed by atoms with Crippen molar-refractivity contribution in [2.75, 3.05) is 0 Å². The molecule has 0 aliphatic rings. The lowest BCUT2D eigenvalue weighted by Crippen LogP contribution is -1.84. The third kappa shape index (κ3) is 5.81. The molecule has 0 aliphatic carbocycles. The van der Waals surface area contributed by atoms with E-state index < -0.39 is 0 Å². The Bertz CT molecular complexity index is 91.9. The zero-order valence-corrected chi connectivity index (χ0v) is 5.92. The van der Waals surface area contributed by atoms with Gasteiger partial charge in [0.05, 0.1) is 3.70 Å². The summed E-state index contributed by atoms with van der Waals surface area (Å²) >= 11 is 2.00. The first-order valence-corrected chi connectivity index (χ1v) is 2.85. The number of rotatable bonds is 1. The Morgan fingerprint density at radius 2 is 2.14 bits per heavy atom. The maximum atomic E-state index is 5.22. The molecule has 0 bridgehead atoms. The minimum atomic E-state index is 0.735. The largest absolute Gasteiger partial charge is 0.405 e. The van der Waals surface area contributed by atoms with Crippen LogP contribution in [0, 0.1) is 0 Å². The van der Waals surface area contributed by atoms with Crippen molar-refractivity contribution in [2.45, 2.75) is 0 Å². The lowest BCUT2D eigenvalue weighted by molar-refractivity contribution is 1.55. The van der Waals surface area contributed by atoms with Crippen molar-refractivity contribution in [2.24, 2.45) is 11.5 Å². The Hall–Kier alpha value is -0.190. The third-order valence-electron chi connectivity index (χ3n) is 0.367. The predicted molar refractivity (Wildman–Crippen MR) is 39.6 cm³/mol. The van der Waals surface area contributed by atoms with E-state index in [1.807, 2.05) is 22.6 Å². The van der Waals surface area contributed by atoms with E-state index >= 15 is 0 Å². The quantitative estimate of drug-likeness (QED) is 0.380. The molecule has 40 valence electrons. The van der Waals surface area contributed by atoms with Gasteiger partial charge in [0.2, 0.25) is 0 Å². The Kier molecular flexibility index (Phi) is 3.87. The van der Waals surface area contributed by atoms with Crippen LogP contribution in [0.1, 0.15) is 0 Å². The van der Waals surface area contributed by atoms with Crippen LogP contribution in [0.4, 0.5) is 0 Å². The van der Waals surface area contributed by atoms with Crippen LogP contribution < -0.4 is 11.5 Å². The average molecular weight is 210 g/mol. The molecule has 0 rings (SSSR count). The first-order chi connectivity index (χ1) is 3.27. The topological polar surface area (TPSA) is 52.0 Å². The highest BCUT2D eigenvalue weighted by atomic mass is 127. The van der Waals surface area contributed by atoms with Crippen LogP contribution in [0.15, 0.2) is 22.1 Å². The van der Waals surface area contributed by atoms with Crippen molar-refractivity contribution in [1.82, 2.24) is 0 Å². The van der Waals surface area contributed by atoms with Gasteiger partial charge >= 0.3 is 0 Å². The van der Waals surface area contributed by atoms with Crippen LogP contribution in [-0.2, 0) is 0 Å². The molecule has 0 atom stereocenters. The molecule has 0 aromatic rings. The van der Waals surface area contributed by atoms with Crippen LogP contribution in [0.5, 0.6) is 0 Å². The van der Waals surface area contributed by atoms with Crippen molar-refractivity contribution in [3.8, 4) is 0 Å². The van der Waals surface area contributed by atoms with E-state index in [9.17, 15) is 0 Å². The predicted octanol–water partition coefficient (Wildman–Crippen LogP) is 0.694. The molecule has 0 aromatic carbocycles. The van der Waals surface area contributed by atoms with Gasteiger partial charge in [-0.2, -0.15) is 0 Å². The van der Waals surface area contributed by atoms with Crippen LogP contribution in [0.25, 0.3) is 0 Å². The summed E-state index contributed by atoms with van der Waals surface area (Å²) in [6.07, 6.45) is 4.84. The molecular weight excluding hydrogens is 203 g/mol. The molecule has 0 unspecified atom stereocenters. The smallest absolute Gasteiger partial charge is 0.0706 e. The highest BCUT2D eigenvalue weighted by molar-refractivity contribution is 14.1. The molecule has 0 radical (unpaired) electrons. The monoisotopic (exact) mass is 210 g/mol. The van der Waals surface area contributed by atoms with E-state index in [0.29, 0.717) is 0 Å². The van der Waals surface area contributed by atoms with E-state index in [1.165, 1.54) is 6.20 Å². The molecule has 4 N–H and O–H groups in total. The fourth-order valence-electron chi connectivity index (χ4n) is 0.147. The Labute approximate surface area is 56.4 Å². The van der Waals surface area contributed by atoms with Gasteiger partial charge in [-0.3, -0.25) is 0 Å². The zero-order chi connectivity index (χ0) is 5.70. The maximum absolute atomic E-state index is 5.22. The first-order valence-electron chi connectivity index (χ1n) is 1.77. The standard InChI is InChI=1S/C4H7IN2/c5-4(7)2-1-3-6/h1-3H,6-7H2/b3-1-,4-2-. The van der Waals surface area contributed by atoms with Gasteiger partial charge in [0.25, 0.3) is 0 Å². The highest BCUT2D eigenvalue weighted by Crippen LogP contribution is 1.93. The summed E-state index contributed by atoms with van der Waals surface area (Å²) in [7, 11) is 0. The number of hydrogen-bond donors (Lipinski definition) is 2. The molecule has 2 nitrogen and oxygen atoms in total. The molecule has 0 fully saturated rings. The third-order valence-corrected chi connectivity index (χ3v) is 0.726. The second-order valence-electron chi connectivity index (χ2n) is 0.936. The Morgan fingerprint density at radius 1 is 1.57 bits per heavy atom. The van der Waals surface area contributed by atoms with Gasteiger partial charge < -0.3 is 11.5 Å². The molecule has 3 heteroatoms. The maximum Gasteiger partial charge on any atom is 0.0706 e. The molecule has 0 aliphatic heterocycles. The van der Waals surface area contributed by atoms with E-state index in [-0.39, 0.29) is 0 Å². The summed E-state index contributed by atoms with van der Waals surface area (Å²) in [4.78, 5) is 0. The fraction of sp³-hybridized carbons (Fsp3) is 0. The highest BCUT2D eigenvalue weighted by Gasteiger charge is 1.68. The van der Waals surface area contributed by atoms with Crippen molar-refractivity contribution >= 4 is 22.6 Å². The van der Waals surface area contributed by atoms with Gasteiger partial charge in [-0.1, -0.05) is 0 Å². The molecule has 7 heavy (non-hydrogen) atoms. The molecule has 0 amide bonds. The van der Waals surface area contributed by atoms with Crippen molar-refractivity contribution in [3.05, 3.63) is 22.1 Å². The SMILES string of the molecule is N/C=C\C=C(/N)I. The lowest BCUT2D eigenvalue weighted by atomic mass is 10.6. The van der Waals surface area contributed by atoms with E-state index in [2.05, 4.69) is 0 Å². The Balaban J connectivity index is 3.46. The van der Waals surface area contributed by atoms with Gasteiger partial charge in [-0.15, -0.1) is 0 Å². The number of halogens is 1. The number of hydrogen-bond acceptors (Lipinski definition) is 2. The van der Waals surface area contributed by atoms with Gasteiger partial charge in [0, 0.05) is 0 Å². The van der Waals surface area contributed by atoms with Crippen molar-refractivity contribution in [1.29, 1.82) is 0 Å². The van der Waals surface area contributed by atoms with Crippen molar-refractivity contribution in [3.63, 3.8) is 0 Å². The molecule has 0 saturated carbocycles. The van der Waals surface area contributed by atoms with E-state index in [4.69, 9.17) is 11.5 Å². The fourth-order valence-corrected chi connectivity index (χ4v) is 0.355. The molecule has 0 heterocycles. The lowest BCUT2D eigenvalue weighted by Gasteiger charge is -1.77. The summed E-state index contributed by atoms with van der Waals surface area (Å²) in [5.74, 6) is 0. The molecular formula is C4H7IN2. The summed E-state index contributed by atoms with van der Waals surface area (Å²) < 4.78 is 0.735. The normalized spacial score (nSPS) is 13.0. The van der Waals surface area contributed by atoms with Crippen LogP contribution in [-0.4, -0.2) is 0 Å². The number of allylic oxidation sites excluding steroid dienone is 2. The molecule has 0 spiro atoms. The van der Waals surface area contributed by atoms with Gasteiger partial charge in [-0.05, 0) is 40.9 Å². The summed E-state index contributed by atoms with van der Waals surface area (Å²) in [6.45, 7) is 0. The van der Waals surface area contributed by atoms with E-state index in [1.54, 1.807) is 12.2 Å². The minimum absolute atomic E-state index is 0.735. The minimum Gasteiger partial charge on any atom is -0.405 e. The van der Waals surface area contributed by atoms with Gasteiger partial charge in [0.1, 0.15) is 0 Å². The summed E-state index contributed by atoms with van der Waals surface area (Å²) in [6, 6.07) is 0. The zero-order valence-electron chi connectivity index (χ0n) is 3.76. The van der Waals surface area contributed by atoms with Gasteiger partial charge in [0.15, 0.2) is 0 Å². The second kappa shape index (κ2) is 3.98. The van der Waals surface area contributed by atoms with Crippen LogP contribution in [0.2, 0.25) is 0 Å². The summed E-state index contributed by atoms with van der Waals surface area (Å²) in [5, 5.41) is 0.